The van der Waals surface area contributed by atoms with Crippen LogP contribution in [0.3, 0.4) is 0 Å². The van der Waals surface area contributed by atoms with Crippen LogP contribution in [0.4, 0.5) is 11.5 Å². The van der Waals surface area contributed by atoms with Crippen molar-refractivity contribution in [3.63, 3.8) is 0 Å². The third-order valence-electron chi connectivity index (χ3n) is 3.08. The first-order valence-corrected chi connectivity index (χ1v) is 6.86. The number of hydrogen-bond acceptors (Lipinski definition) is 4. The highest BCUT2D eigenvalue weighted by Crippen LogP contribution is 2.23. The number of nitrogens with zero attached hydrogens (tertiary/aromatic N) is 1. The zero-order valence-corrected chi connectivity index (χ0v) is 11.7. The van der Waals surface area contributed by atoms with E-state index < -0.39 is 0 Å². The fourth-order valence-electron chi connectivity index (χ4n) is 2.15. The van der Waals surface area contributed by atoms with Crippen LogP contribution in [-0.2, 0) is 13.0 Å². The molecule has 0 bridgehead atoms. The van der Waals surface area contributed by atoms with Crippen LogP contribution in [0.15, 0.2) is 24.3 Å². The highest BCUT2D eigenvalue weighted by atomic mass is 35.5. The second-order valence-electron chi connectivity index (χ2n) is 4.41. The van der Waals surface area contributed by atoms with Gasteiger partial charge in [-0.2, -0.15) is 0 Å². The Hall–Kier alpha value is -1.43. The molecule has 1 aliphatic heterocycles. The summed E-state index contributed by atoms with van der Waals surface area (Å²) in [5.41, 5.74) is 3.26. The molecule has 0 unspecified atom stereocenters. The second-order valence-corrected chi connectivity index (χ2v) is 5.23. The molecule has 1 aromatic carbocycles. The van der Waals surface area contributed by atoms with E-state index in [1.54, 1.807) is 0 Å². The van der Waals surface area contributed by atoms with E-state index in [1.807, 2.05) is 24.3 Å². The lowest BCUT2D eigenvalue weighted by molar-refractivity contribution is 0.626. The summed E-state index contributed by atoms with van der Waals surface area (Å²) in [5.74, 6) is 0.813. The molecule has 6 heteroatoms. The third kappa shape index (κ3) is 2.78. The van der Waals surface area contributed by atoms with E-state index in [9.17, 15) is 0 Å². The molecule has 1 aromatic heterocycles. The minimum Gasteiger partial charge on any atom is -0.340 e. The van der Waals surface area contributed by atoms with Crippen molar-refractivity contribution in [3.05, 3.63) is 45.3 Å². The van der Waals surface area contributed by atoms with E-state index >= 15 is 0 Å². The number of aromatic amines is 1. The number of rotatable bonds is 2. The number of fused-ring (bicyclic) bond motifs is 1. The Morgan fingerprint density at radius 1 is 1.26 bits per heavy atom. The van der Waals surface area contributed by atoms with Crippen molar-refractivity contribution in [2.24, 2.45) is 0 Å². The highest BCUT2D eigenvalue weighted by Gasteiger charge is 2.15. The van der Waals surface area contributed by atoms with Crippen LogP contribution in [0.5, 0.6) is 0 Å². The van der Waals surface area contributed by atoms with E-state index in [0.717, 1.165) is 42.3 Å². The summed E-state index contributed by atoms with van der Waals surface area (Å²) in [6.45, 7) is 1.76. The van der Waals surface area contributed by atoms with Crippen LogP contribution in [0.25, 0.3) is 0 Å². The molecule has 0 saturated carbocycles. The van der Waals surface area contributed by atoms with Crippen molar-refractivity contribution in [2.75, 3.05) is 11.9 Å². The van der Waals surface area contributed by atoms with Crippen molar-refractivity contribution in [1.82, 2.24) is 15.3 Å². The van der Waals surface area contributed by atoms with Crippen LogP contribution in [0, 0.1) is 4.77 Å². The average molecular weight is 293 g/mol. The molecule has 3 N–H and O–H groups in total. The number of H-pyrrole nitrogens is 1. The first-order chi connectivity index (χ1) is 9.22. The molecular formula is C13H13ClN4S. The summed E-state index contributed by atoms with van der Waals surface area (Å²) in [4.78, 5) is 7.54. The summed E-state index contributed by atoms with van der Waals surface area (Å²) in [6, 6.07) is 7.54. The van der Waals surface area contributed by atoms with Gasteiger partial charge in [0.25, 0.3) is 0 Å². The first-order valence-electron chi connectivity index (χ1n) is 6.08. The van der Waals surface area contributed by atoms with Crippen molar-refractivity contribution < 1.29 is 0 Å². The normalized spacial score (nSPS) is 13.9. The van der Waals surface area contributed by atoms with Crippen molar-refractivity contribution in [3.8, 4) is 0 Å². The fourth-order valence-corrected chi connectivity index (χ4v) is 2.49. The lowest BCUT2D eigenvalue weighted by atomic mass is 10.1. The molecule has 0 saturated heterocycles. The van der Waals surface area contributed by atoms with E-state index in [2.05, 4.69) is 20.6 Å². The molecular weight excluding hydrogens is 280 g/mol. The first kappa shape index (κ1) is 12.6. The minimum atomic E-state index is 0.511. The molecule has 1 aliphatic rings. The van der Waals surface area contributed by atoms with Crippen LogP contribution < -0.4 is 10.6 Å². The lowest BCUT2D eigenvalue weighted by Crippen LogP contribution is -2.26. The van der Waals surface area contributed by atoms with Crippen molar-refractivity contribution in [1.29, 1.82) is 0 Å². The van der Waals surface area contributed by atoms with Gasteiger partial charge in [0, 0.05) is 41.5 Å². The fraction of sp³-hybridized carbons (Fsp3) is 0.231. The number of nitrogens with one attached hydrogen (secondary N) is 3. The standard InChI is InChI=1S/C13H13ClN4S/c14-8-1-3-9(4-2-8)16-12-10-7-15-6-5-11(10)17-13(19)18-12/h1-4,15H,5-7H2,(H2,16,17,18,19). The summed E-state index contributed by atoms with van der Waals surface area (Å²) in [6.07, 6.45) is 0.941. The van der Waals surface area contributed by atoms with Gasteiger partial charge < -0.3 is 15.6 Å². The third-order valence-corrected chi connectivity index (χ3v) is 3.53. The predicted molar refractivity (Wildman–Crippen MR) is 79.6 cm³/mol. The summed E-state index contributed by atoms with van der Waals surface area (Å²) in [5, 5.41) is 7.36. The van der Waals surface area contributed by atoms with Gasteiger partial charge in [-0.3, -0.25) is 0 Å². The molecule has 0 amide bonds. The molecule has 98 valence electrons. The SMILES string of the molecule is S=c1nc(Nc2ccc(Cl)cc2)c2c([nH]1)CCNC2. The molecule has 0 fully saturated rings. The Morgan fingerprint density at radius 3 is 2.84 bits per heavy atom. The summed E-state index contributed by atoms with van der Waals surface area (Å²) >= 11 is 11.1. The molecule has 0 radical (unpaired) electrons. The average Bonchev–Trinajstić information content (AvgIpc) is 2.41. The smallest absolute Gasteiger partial charge is 0.198 e. The Kier molecular flexibility index (Phi) is 3.50. The molecule has 0 spiro atoms. The van der Waals surface area contributed by atoms with Gasteiger partial charge in [0.2, 0.25) is 0 Å². The Bertz CT molecular complexity index is 651. The van der Waals surface area contributed by atoms with Gasteiger partial charge in [-0.25, -0.2) is 4.98 Å². The second kappa shape index (κ2) is 5.28. The molecule has 0 atom stereocenters. The topological polar surface area (TPSA) is 52.7 Å². The summed E-state index contributed by atoms with van der Waals surface area (Å²) < 4.78 is 0.511. The quantitative estimate of drug-likeness (QED) is 0.744. The molecule has 4 nitrogen and oxygen atoms in total. The van der Waals surface area contributed by atoms with Crippen molar-refractivity contribution >= 4 is 35.3 Å². The molecule has 19 heavy (non-hydrogen) atoms. The minimum absolute atomic E-state index is 0.511. The van der Waals surface area contributed by atoms with Gasteiger partial charge in [0.1, 0.15) is 5.82 Å². The van der Waals surface area contributed by atoms with E-state index in [4.69, 9.17) is 23.8 Å². The maximum absolute atomic E-state index is 5.88. The predicted octanol–water partition coefficient (Wildman–Crippen LogP) is 3.18. The van der Waals surface area contributed by atoms with Gasteiger partial charge in [-0.1, -0.05) is 11.6 Å². The number of benzene rings is 1. The number of halogens is 1. The van der Waals surface area contributed by atoms with E-state index in [1.165, 1.54) is 0 Å². The largest absolute Gasteiger partial charge is 0.340 e. The maximum atomic E-state index is 5.88. The Labute approximate surface area is 121 Å². The number of hydrogen-bond donors (Lipinski definition) is 3. The van der Waals surface area contributed by atoms with Gasteiger partial charge >= 0.3 is 0 Å². The monoisotopic (exact) mass is 292 g/mol. The Balaban J connectivity index is 1.98. The summed E-state index contributed by atoms with van der Waals surface area (Å²) in [7, 11) is 0. The van der Waals surface area contributed by atoms with E-state index in [-0.39, 0.29) is 0 Å². The molecule has 3 rings (SSSR count). The maximum Gasteiger partial charge on any atom is 0.198 e. The molecule has 2 heterocycles. The van der Waals surface area contributed by atoms with Gasteiger partial charge in [0.05, 0.1) is 0 Å². The molecule has 0 aliphatic carbocycles. The number of anilines is 2. The van der Waals surface area contributed by atoms with Gasteiger partial charge in [-0.15, -0.1) is 0 Å². The van der Waals surface area contributed by atoms with E-state index in [0.29, 0.717) is 9.79 Å². The van der Waals surface area contributed by atoms with Gasteiger partial charge in [-0.05, 0) is 36.5 Å². The zero-order valence-electron chi connectivity index (χ0n) is 10.2. The van der Waals surface area contributed by atoms with Crippen LogP contribution in [0.2, 0.25) is 5.02 Å². The lowest BCUT2D eigenvalue weighted by Gasteiger charge is -2.20. The Morgan fingerprint density at radius 2 is 2.05 bits per heavy atom. The zero-order chi connectivity index (χ0) is 13.2. The van der Waals surface area contributed by atoms with Crippen LogP contribution in [-0.4, -0.2) is 16.5 Å². The highest BCUT2D eigenvalue weighted by molar-refractivity contribution is 7.71. The van der Waals surface area contributed by atoms with Crippen LogP contribution in [0.1, 0.15) is 11.3 Å². The number of aromatic nitrogens is 2. The van der Waals surface area contributed by atoms with Crippen LogP contribution >= 0.6 is 23.8 Å². The molecule has 2 aromatic rings. The van der Waals surface area contributed by atoms with Gasteiger partial charge in [0.15, 0.2) is 4.77 Å². The van der Waals surface area contributed by atoms with Crippen molar-refractivity contribution in [2.45, 2.75) is 13.0 Å².